The molecule has 2 atom stereocenters. The average molecular weight is 242 g/mol. The zero-order valence-corrected chi connectivity index (χ0v) is 12.1. The van der Waals surface area contributed by atoms with Crippen molar-refractivity contribution in [3.8, 4) is 0 Å². The van der Waals surface area contributed by atoms with E-state index in [0.29, 0.717) is 12.1 Å². The van der Waals surface area contributed by atoms with Crippen molar-refractivity contribution in [3.63, 3.8) is 0 Å². The molecule has 4 N–H and O–H groups in total. The first-order chi connectivity index (χ1) is 8.20. The third-order valence-electron chi connectivity index (χ3n) is 3.70. The number of hydrogen-bond acceptors (Lipinski definition) is 2. The Bertz CT molecular complexity index is 132. The molecule has 104 valence electrons. The van der Waals surface area contributed by atoms with E-state index in [2.05, 4.69) is 13.8 Å². The summed E-state index contributed by atoms with van der Waals surface area (Å²) in [5.74, 6) is 0. The van der Waals surface area contributed by atoms with Gasteiger partial charge in [0.15, 0.2) is 0 Å². The first-order valence-corrected chi connectivity index (χ1v) is 7.71. The van der Waals surface area contributed by atoms with Gasteiger partial charge in [-0.3, -0.25) is 0 Å². The first kappa shape index (κ1) is 16.9. The molecule has 0 amide bonds. The van der Waals surface area contributed by atoms with E-state index < -0.39 is 0 Å². The van der Waals surface area contributed by atoms with Crippen molar-refractivity contribution in [2.24, 2.45) is 11.5 Å². The number of unbranched alkanes of at least 4 members (excludes halogenated alkanes) is 6. The zero-order valence-electron chi connectivity index (χ0n) is 12.1. The second-order valence-electron chi connectivity index (χ2n) is 5.39. The lowest BCUT2D eigenvalue weighted by molar-refractivity contribution is 0.503. The summed E-state index contributed by atoms with van der Waals surface area (Å²) in [5, 5.41) is 0. The number of rotatable bonds is 12. The molecule has 0 bridgehead atoms. The van der Waals surface area contributed by atoms with Crippen LogP contribution in [0.15, 0.2) is 0 Å². The Hall–Kier alpha value is -0.0800. The van der Waals surface area contributed by atoms with Crippen LogP contribution < -0.4 is 11.5 Å². The maximum absolute atomic E-state index is 5.88. The van der Waals surface area contributed by atoms with Crippen molar-refractivity contribution in [2.75, 3.05) is 0 Å². The van der Waals surface area contributed by atoms with Gasteiger partial charge in [-0.1, -0.05) is 58.8 Å². The minimum atomic E-state index is 0.436. The van der Waals surface area contributed by atoms with Crippen molar-refractivity contribution in [1.82, 2.24) is 0 Å². The summed E-state index contributed by atoms with van der Waals surface area (Å²) in [5.41, 5.74) is 11.8. The molecule has 0 aromatic rings. The molecule has 0 rings (SSSR count). The van der Waals surface area contributed by atoms with E-state index in [4.69, 9.17) is 11.5 Å². The summed E-state index contributed by atoms with van der Waals surface area (Å²) in [6.45, 7) is 4.34. The van der Waals surface area contributed by atoms with Gasteiger partial charge < -0.3 is 11.5 Å². The van der Waals surface area contributed by atoms with Gasteiger partial charge in [-0.15, -0.1) is 0 Å². The van der Waals surface area contributed by atoms with Crippen molar-refractivity contribution in [3.05, 3.63) is 0 Å². The van der Waals surface area contributed by atoms with Crippen molar-refractivity contribution < 1.29 is 0 Å². The van der Waals surface area contributed by atoms with Crippen LogP contribution in [0.5, 0.6) is 0 Å². The van der Waals surface area contributed by atoms with Gasteiger partial charge in [0.25, 0.3) is 0 Å². The molecule has 0 radical (unpaired) electrons. The highest BCUT2D eigenvalue weighted by atomic mass is 14.6. The molecule has 0 saturated carbocycles. The van der Waals surface area contributed by atoms with Gasteiger partial charge in [0.2, 0.25) is 0 Å². The van der Waals surface area contributed by atoms with Gasteiger partial charge >= 0.3 is 0 Å². The lowest BCUT2D eigenvalue weighted by Crippen LogP contribution is -2.17. The Morgan fingerprint density at radius 3 is 1.18 bits per heavy atom. The van der Waals surface area contributed by atoms with Crippen LogP contribution in [0, 0.1) is 0 Å². The molecule has 17 heavy (non-hydrogen) atoms. The van der Waals surface area contributed by atoms with E-state index in [0.717, 1.165) is 12.8 Å². The fraction of sp³-hybridized carbons (Fsp3) is 1.00. The van der Waals surface area contributed by atoms with E-state index in [-0.39, 0.29) is 0 Å². The summed E-state index contributed by atoms with van der Waals surface area (Å²) in [6.07, 6.45) is 14.2. The maximum Gasteiger partial charge on any atom is 0.00362 e. The van der Waals surface area contributed by atoms with Crippen LogP contribution in [0.2, 0.25) is 0 Å². The summed E-state index contributed by atoms with van der Waals surface area (Å²) >= 11 is 0. The molecule has 0 saturated heterocycles. The largest absolute Gasteiger partial charge is 0.328 e. The zero-order chi connectivity index (χ0) is 12.9. The second kappa shape index (κ2) is 12.4. The summed E-state index contributed by atoms with van der Waals surface area (Å²) in [6, 6.07) is 0.871. The minimum Gasteiger partial charge on any atom is -0.328 e. The normalized spacial score (nSPS) is 14.8. The molecule has 2 unspecified atom stereocenters. The molecular weight excluding hydrogens is 208 g/mol. The van der Waals surface area contributed by atoms with E-state index in [9.17, 15) is 0 Å². The highest BCUT2D eigenvalue weighted by Crippen LogP contribution is 2.11. The molecule has 0 fully saturated rings. The van der Waals surface area contributed by atoms with Gasteiger partial charge in [0.1, 0.15) is 0 Å². The predicted octanol–water partition coefficient (Wildman–Crippen LogP) is 3.97. The topological polar surface area (TPSA) is 52.0 Å². The molecular formula is C15H34N2. The van der Waals surface area contributed by atoms with Gasteiger partial charge in [0, 0.05) is 12.1 Å². The standard InChI is InChI=1S/C15H34N2/c1-3-14(16)12-10-8-6-5-7-9-11-13-15(17)4-2/h14-15H,3-13,16-17H2,1-2H3. The highest BCUT2D eigenvalue weighted by molar-refractivity contribution is 4.59. The fourth-order valence-corrected chi connectivity index (χ4v) is 2.11. The van der Waals surface area contributed by atoms with Crippen molar-refractivity contribution >= 4 is 0 Å². The summed E-state index contributed by atoms with van der Waals surface area (Å²) in [4.78, 5) is 0. The average Bonchev–Trinajstić information content (AvgIpc) is 2.35. The molecule has 0 aliphatic rings. The van der Waals surface area contributed by atoms with Crippen LogP contribution in [-0.4, -0.2) is 12.1 Å². The Morgan fingerprint density at radius 1 is 0.588 bits per heavy atom. The summed E-state index contributed by atoms with van der Waals surface area (Å²) < 4.78 is 0. The Balaban J connectivity index is 3.04. The Morgan fingerprint density at radius 2 is 0.882 bits per heavy atom. The fourth-order valence-electron chi connectivity index (χ4n) is 2.11. The molecule has 0 aromatic heterocycles. The Kier molecular flexibility index (Phi) is 12.3. The third kappa shape index (κ3) is 12.2. The SMILES string of the molecule is CCC(N)CCCCCCCCCC(N)CC. The lowest BCUT2D eigenvalue weighted by atomic mass is 10.0. The lowest BCUT2D eigenvalue weighted by Gasteiger charge is -2.08. The van der Waals surface area contributed by atoms with Crippen molar-refractivity contribution in [1.29, 1.82) is 0 Å². The molecule has 0 spiro atoms. The van der Waals surface area contributed by atoms with Crippen molar-refractivity contribution in [2.45, 2.75) is 96.6 Å². The first-order valence-electron chi connectivity index (χ1n) is 7.71. The maximum atomic E-state index is 5.88. The van der Waals surface area contributed by atoms with Crippen LogP contribution in [0.3, 0.4) is 0 Å². The third-order valence-corrected chi connectivity index (χ3v) is 3.70. The highest BCUT2D eigenvalue weighted by Gasteiger charge is 1.99. The second-order valence-corrected chi connectivity index (χ2v) is 5.39. The molecule has 0 heterocycles. The smallest absolute Gasteiger partial charge is 0.00362 e. The molecule has 2 nitrogen and oxygen atoms in total. The van der Waals surface area contributed by atoms with E-state index in [1.54, 1.807) is 0 Å². The molecule has 0 aliphatic heterocycles. The van der Waals surface area contributed by atoms with E-state index in [1.807, 2.05) is 0 Å². The van der Waals surface area contributed by atoms with E-state index >= 15 is 0 Å². The number of nitrogens with two attached hydrogens (primary N) is 2. The molecule has 0 aromatic carbocycles. The quantitative estimate of drug-likeness (QED) is 0.509. The predicted molar refractivity (Wildman–Crippen MR) is 78.1 cm³/mol. The monoisotopic (exact) mass is 242 g/mol. The van der Waals surface area contributed by atoms with Crippen LogP contribution in [0.1, 0.15) is 84.5 Å². The van der Waals surface area contributed by atoms with Crippen LogP contribution in [0.4, 0.5) is 0 Å². The van der Waals surface area contributed by atoms with Crippen LogP contribution in [0.25, 0.3) is 0 Å². The summed E-state index contributed by atoms with van der Waals surface area (Å²) in [7, 11) is 0. The molecule has 2 heteroatoms. The van der Waals surface area contributed by atoms with Crippen LogP contribution in [-0.2, 0) is 0 Å². The number of hydrogen-bond donors (Lipinski definition) is 2. The van der Waals surface area contributed by atoms with E-state index in [1.165, 1.54) is 57.8 Å². The van der Waals surface area contributed by atoms with Crippen LogP contribution >= 0.6 is 0 Å². The van der Waals surface area contributed by atoms with Gasteiger partial charge in [-0.25, -0.2) is 0 Å². The Labute approximate surface area is 109 Å². The van der Waals surface area contributed by atoms with Gasteiger partial charge in [-0.05, 0) is 25.7 Å². The van der Waals surface area contributed by atoms with Gasteiger partial charge in [-0.2, -0.15) is 0 Å². The van der Waals surface area contributed by atoms with Gasteiger partial charge in [0.05, 0.1) is 0 Å². The minimum absolute atomic E-state index is 0.436. The molecule has 0 aliphatic carbocycles.